The first-order valence-corrected chi connectivity index (χ1v) is 24.2. The zero-order valence-electron chi connectivity index (χ0n) is 38.5. The van der Waals surface area contributed by atoms with Gasteiger partial charge in [-0.25, -0.2) is 19.2 Å². The smallest absolute Gasteiger partial charge is 0.407 e. The third kappa shape index (κ3) is 8.24. The summed E-state index contributed by atoms with van der Waals surface area (Å²) in [5.41, 5.74) is 4.76. The lowest BCUT2D eigenvalue weighted by atomic mass is 10.0. The van der Waals surface area contributed by atoms with Gasteiger partial charge in [-0.15, -0.1) is 11.3 Å². The van der Waals surface area contributed by atoms with E-state index in [0.29, 0.717) is 65.3 Å². The van der Waals surface area contributed by atoms with Crippen LogP contribution in [0.15, 0.2) is 60.9 Å². The van der Waals surface area contributed by atoms with E-state index < -0.39 is 30.2 Å². The third-order valence-corrected chi connectivity index (χ3v) is 15.0. The van der Waals surface area contributed by atoms with Crippen LogP contribution in [0.4, 0.5) is 9.18 Å². The van der Waals surface area contributed by atoms with Gasteiger partial charge in [0.05, 0.1) is 64.6 Å². The minimum Gasteiger partial charge on any atom is -0.464 e. The largest absolute Gasteiger partial charge is 0.464 e. The summed E-state index contributed by atoms with van der Waals surface area (Å²) in [5.74, 6) is 1.00. The number of imidazole rings is 2. The van der Waals surface area contributed by atoms with Crippen LogP contribution < -0.4 is 15.4 Å². The summed E-state index contributed by atoms with van der Waals surface area (Å²) >= 11 is 1.74. The second-order valence-electron chi connectivity index (χ2n) is 19.0. The van der Waals surface area contributed by atoms with Gasteiger partial charge in [-0.3, -0.25) is 19.0 Å². The molecule has 0 bridgehead atoms. The van der Waals surface area contributed by atoms with Crippen molar-refractivity contribution in [2.24, 2.45) is 11.8 Å². The van der Waals surface area contributed by atoms with Gasteiger partial charge >= 0.3 is 6.09 Å². The van der Waals surface area contributed by atoms with Gasteiger partial charge in [0.25, 0.3) is 0 Å². The van der Waals surface area contributed by atoms with Crippen molar-refractivity contribution in [3.63, 3.8) is 0 Å². The number of thiophene rings is 1. The van der Waals surface area contributed by atoms with Crippen LogP contribution in [0.5, 0.6) is 5.75 Å². The maximum atomic E-state index is 16.9. The summed E-state index contributed by atoms with van der Waals surface area (Å²) in [7, 11) is 1.27. The molecule has 4 aliphatic rings. The molecule has 17 heteroatoms. The molecule has 6 aromatic rings. The van der Waals surface area contributed by atoms with E-state index >= 15 is 4.39 Å². The number of nitrogens with one attached hydrogen (secondary N) is 4. The Labute approximate surface area is 391 Å². The fourth-order valence-corrected chi connectivity index (χ4v) is 11.3. The average molecular weight is 930 g/mol. The number of amides is 4. The Morgan fingerprint density at radius 2 is 1.40 bits per heavy atom. The molecule has 4 aromatic heterocycles. The van der Waals surface area contributed by atoms with Crippen LogP contribution in [0.25, 0.3) is 44.7 Å². The number of aromatic nitrogens is 5. The highest BCUT2D eigenvalue weighted by molar-refractivity contribution is 7.12. The minimum atomic E-state index is -0.764. The van der Waals surface area contributed by atoms with E-state index in [1.54, 1.807) is 28.6 Å². The van der Waals surface area contributed by atoms with Gasteiger partial charge in [-0.2, -0.15) is 0 Å². The number of nitrogens with zero attached hydrogens (tertiary/aromatic N) is 5. The molecule has 2 aromatic carbocycles. The van der Waals surface area contributed by atoms with Crippen LogP contribution in [-0.4, -0.2) is 90.4 Å². The maximum absolute atomic E-state index is 16.9. The fourth-order valence-electron chi connectivity index (χ4n) is 10.1. The number of alkyl carbamates (subject to hydrolysis) is 1. The van der Waals surface area contributed by atoms with Crippen molar-refractivity contribution < 1.29 is 33.0 Å². The molecule has 67 heavy (non-hydrogen) atoms. The number of halogens is 1. The van der Waals surface area contributed by atoms with Gasteiger partial charge in [0.2, 0.25) is 23.9 Å². The summed E-state index contributed by atoms with van der Waals surface area (Å²) in [6, 6.07) is 13.9. The number of carbonyl (C=O) groups is 4. The van der Waals surface area contributed by atoms with Gasteiger partial charge in [-0.05, 0) is 98.7 Å². The molecule has 7 heterocycles. The first-order valence-electron chi connectivity index (χ1n) is 23.4. The molecule has 0 radical (unpaired) electrons. The van der Waals surface area contributed by atoms with Gasteiger partial charge in [0, 0.05) is 41.4 Å². The summed E-state index contributed by atoms with van der Waals surface area (Å²) in [5, 5.41) is 6.43. The van der Waals surface area contributed by atoms with E-state index in [2.05, 4.69) is 43.4 Å². The third-order valence-electron chi connectivity index (χ3n) is 13.7. The van der Waals surface area contributed by atoms with Crippen molar-refractivity contribution in [2.75, 3.05) is 20.2 Å². The fraction of sp³-hybridized carbons (Fsp3) is 0.440. The standard InChI is InChI=1S/C50H56FN9O6S/c1-25(2)43(54-27(5)61)47(62)58-17-7-9-36(58)45-52-23-33(55-45)29-13-14-35-31(19-29)21-38-42-32(51)20-30(22-39(42)66-49(60(35)38)41-16-15-40(67-41)28-11-12-28)34-24-53-46(56-34)37-10-8-18-59(37)48(63)44(26(3)4)57-50(64)65-6/h13-16,19-26,28,36-37,43-44,49H,7-12,17-18H2,1-6H3,(H,52,55)(H,53,56)(H,54,61)(H,57,64)/t36-,37-,43-,44-,49-/m0/s1. The monoisotopic (exact) mass is 929 g/mol. The minimum absolute atomic E-state index is 0.0708. The van der Waals surface area contributed by atoms with Crippen LogP contribution in [-0.2, 0) is 19.1 Å². The predicted octanol–water partition coefficient (Wildman–Crippen LogP) is 8.97. The molecule has 15 nitrogen and oxygen atoms in total. The zero-order chi connectivity index (χ0) is 46.8. The number of H-pyrrole nitrogens is 2. The summed E-state index contributed by atoms with van der Waals surface area (Å²) in [6.07, 6.45) is 7.62. The second-order valence-corrected chi connectivity index (χ2v) is 20.2. The lowest BCUT2D eigenvalue weighted by molar-refractivity contribution is -0.138. The van der Waals surface area contributed by atoms with Crippen molar-refractivity contribution in [1.82, 2.24) is 44.9 Å². The highest BCUT2D eigenvalue weighted by atomic mass is 32.1. The first kappa shape index (κ1) is 44.4. The van der Waals surface area contributed by atoms with Crippen molar-refractivity contribution in [3.05, 3.63) is 88.1 Å². The van der Waals surface area contributed by atoms with E-state index in [1.807, 2.05) is 56.9 Å². The molecule has 2 saturated heterocycles. The molecule has 5 atom stereocenters. The Morgan fingerprint density at radius 3 is 2.00 bits per heavy atom. The van der Waals surface area contributed by atoms with Gasteiger partial charge < -0.3 is 39.9 Å². The SMILES string of the molecule is COC(=O)N[C@H](C(=O)N1CCC[C@H]1c1ncc(-c2cc(F)c3c(c2)O[C@@H](c2ccc(C4CC4)s2)n2c-3cc3cc(-c4cnc([C@@H]5CCCN5C(=O)[C@@H](NC(C)=O)C(C)C)[nH]4)ccc32)[nH]1)C(C)C. The van der Waals surface area contributed by atoms with Crippen LogP contribution in [0.2, 0.25) is 0 Å². The second kappa shape index (κ2) is 17.6. The molecule has 10 rings (SSSR count). The number of aromatic amines is 2. The molecule has 4 N–H and O–H groups in total. The molecule has 1 saturated carbocycles. The number of ether oxygens (including phenoxy) is 2. The topological polar surface area (TPSA) is 180 Å². The molecule has 0 spiro atoms. The Kier molecular flexibility index (Phi) is 11.7. The Hall–Kier alpha value is -6.49. The van der Waals surface area contributed by atoms with E-state index in [4.69, 9.17) is 19.4 Å². The highest BCUT2D eigenvalue weighted by Gasteiger charge is 2.40. The number of hydrogen-bond donors (Lipinski definition) is 4. The predicted molar refractivity (Wildman–Crippen MR) is 252 cm³/mol. The molecule has 1 aliphatic carbocycles. The quantitative estimate of drug-likeness (QED) is 0.0939. The van der Waals surface area contributed by atoms with Crippen LogP contribution in [0.3, 0.4) is 0 Å². The molecule has 4 amide bonds. The van der Waals surface area contributed by atoms with Crippen molar-refractivity contribution in [1.29, 1.82) is 0 Å². The number of carbonyl (C=O) groups excluding carboxylic acids is 4. The lowest BCUT2D eigenvalue weighted by Gasteiger charge is -2.30. The number of fused-ring (bicyclic) bond motifs is 5. The lowest BCUT2D eigenvalue weighted by Crippen LogP contribution is -2.51. The van der Waals surface area contributed by atoms with Crippen LogP contribution in [0, 0.1) is 17.7 Å². The molecule has 3 aliphatic heterocycles. The molecule has 350 valence electrons. The van der Waals surface area contributed by atoms with Crippen molar-refractivity contribution in [2.45, 2.75) is 109 Å². The Bertz CT molecular complexity index is 2890. The molecular weight excluding hydrogens is 874 g/mol. The van der Waals surface area contributed by atoms with E-state index in [1.165, 1.54) is 37.8 Å². The Morgan fingerprint density at radius 1 is 0.791 bits per heavy atom. The van der Waals surface area contributed by atoms with E-state index in [9.17, 15) is 19.2 Å². The zero-order valence-corrected chi connectivity index (χ0v) is 39.3. The average Bonchev–Trinajstić information content (AvgIpc) is 4.03. The van der Waals surface area contributed by atoms with Crippen molar-refractivity contribution >= 4 is 46.1 Å². The number of rotatable bonds is 12. The normalized spacial score (nSPS) is 19.9. The molecule has 3 fully saturated rings. The summed E-state index contributed by atoms with van der Waals surface area (Å²) in [4.78, 5) is 74.0. The van der Waals surface area contributed by atoms with E-state index in [0.717, 1.165) is 46.3 Å². The first-order chi connectivity index (χ1) is 32.3. The highest BCUT2D eigenvalue weighted by Crippen LogP contribution is 2.50. The number of benzene rings is 2. The maximum Gasteiger partial charge on any atom is 0.407 e. The van der Waals surface area contributed by atoms with E-state index in [-0.39, 0.29) is 41.6 Å². The molecular formula is C50H56FN9O6S. The summed E-state index contributed by atoms with van der Waals surface area (Å²) in [6.45, 7) is 10.1. The number of likely N-dealkylation sites (tertiary alicyclic amines) is 2. The van der Waals surface area contributed by atoms with Crippen LogP contribution in [0.1, 0.15) is 119 Å². The van der Waals surface area contributed by atoms with Crippen LogP contribution >= 0.6 is 11.3 Å². The summed E-state index contributed by atoms with van der Waals surface area (Å²) < 4.78 is 30.7. The van der Waals surface area contributed by atoms with Gasteiger partial charge in [0.15, 0.2) is 0 Å². The Balaban J connectivity index is 0.968. The van der Waals surface area contributed by atoms with Gasteiger partial charge in [0.1, 0.15) is 35.3 Å². The molecule has 0 unspecified atom stereocenters. The number of hydrogen-bond acceptors (Lipinski definition) is 9. The van der Waals surface area contributed by atoms with Gasteiger partial charge in [-0.1, -0.05) is 33.8 Å². The number of methoxy groups -OCH3 is 1. The van der Waals surface area contributed by atoms with Crippen molar-refractivity contribution in [3.8, 4) is 39.5 Å².